The molecule has 3 aromatic rings. The van der Waals surface area contributed by atoms with E-state index in [0.717, 1.165) is 10.8 Å². The van der Waals surface area contributed by atoms with E-state index in [1.165, 1.54) is 7.11 Å². The van der Waals surface area contributed by atoms with Gasteiger partial charge in [0.15, 0.2) is 5.69 Å². The lowest BCUT2D eigenvalue weighted by atomic mass is 10.0. The molecule has 1 saturated heterocycles. The van der Waals surface area contributed by atoms with E-state index in [-0.39, 0.29) is 17.5 Å². The van der Waals surface area contributed by atoms with Crippen LogP contribution in [0.5, 0.6) is 5.88 Å². The van der Waals surface area contributed by atoms with E-state index in [1.807, 2.05) is 42.5 Å². The predicted octanol–water partition coefficient (Wildman–Crippen LogP) is 2.24. The minimum atomic E-state index is -0.188. The van der Waals surface area contributed by atoms with Crippen LogP contribution in [0, 0.1) is 0 Å². The zero-order chi connectivity index (χ0) is 19.5. The Hall–Kier alpha value is -3.48. The molecule has 4 rings (SSSR count). The summed E-state index contributed by atoms with van der Waals surface area (Å²) in [7, 11) is 1.50. The Morgan fingerprint density at radius 2 is 1.50 bits per heavy atom. The molecular weight excluding hydrogens is 356 g/mol. The van der Waals surface area contributed by atoms with Crippen molar-refractivity contribution in [3.05, 3.63) is 65.9 Å². The Morgan fingerprint density at radius 1 is 0.821 bits per heavy atom. The SMILES string of the molecule is COc1ccc(C(=O)N2CCN(C(=O)c3cccc4ccccc34)CC2)nn1. The quantitative estimate of drug-likeness (QED) is 0.701. The molecular formula is C21H20N4O3. The number of rotatable bonds is 3. The van der Waals surface area contributed by atoms with Crippen molar-refractivity contribution in [1.29, 1.82) is 0 Å². The molecule has 0 saturated carbocycles. The third-order valence-electron chi connectivity index (χ3n) is 4.94. The van der Waals surface area contributed by atoms with Crippen LogP contribution in [0.4, 0.5) is 0 Å². The van der Waals surface area contributed by atoms with Gasteiger partial charge in [-0.25, -0.2) is 0 Å². The second kappa shape index (κ2) is 7.64. The summed E-state index contributed by atoms with van der Waals surface area (Å²) in [5, 5.41) is 9.74. The number of piperazine rings is 1. The van der Waals surface area contributed by atoms with Crippen LogP contribution in [-0.2, 0) is 0 Å². The van der Waals surface area contributed by atoms with Crippen molar-refractivity contribution in [1.82, 2.24) is 20.0 Å². The van der Waals surface area contributed by atoms with E-state index in [9.17, 15) is 9.59 Å². The van der Waals surface area contributed by atoms with E-state index < -0.39 is 0 Å². The van der Waals surface area contributed by atoms with E-state index in [1.54, 1.807) is 21.9 Å². The van der Waals surface area contributed by atoms with Gasteiger partial charge in [-0.05, 0) is 22.9 Å². The minimum absolute atomic E-state index is 0.00635. The van der Waals surface area contributed by atoms with Crippen molar-refractivity contribution in [2.75, 3.05) is 33.3 Å². The number of amides is 2. The summed E-state index contributed by atoms with van der Waals surface area (Å²) in [6, 6.07) is 16.8. The van der Waals surface area contributed by atoms with Gasteiger partial charge in [-0.3, -0.25) is 9.59 Å². The highest BCUT2D eigenvalue weighted by atomic mass is 16.5. The van der Waals surface area contributed by atoms with Crippen LogP contribution in [0.3, 0.4) is 0 Å². The average molecular weight is 376 g/mol. The molecule has 0 unspecified atom stereocenters. The van der Waals surface area contributed by atoms with Crippen LogP contribution in [-0.4, -0.2) is 65.1 Å². The Labute approximate surface area is 162 Å². The summed E-state index contributed by atoms with van der Waals surface area (Å²) >= 11 is 0. The summed E-state index contributed by atoms with van der Waals surface area (Å²) in [4.78, 5) is 29.1. The van der Waals surface area contributed by atoms with Gasteiger partial charge in [-0.1, -0.05) is 36.4 Å². The van der Waals surface area contributed by atoms with Gasteiger partial charge in [0.2, 0.25) is 5.88 Å². The van der Waals surface area contributed by atoms with Crippen LogP contribution in [0.15, 0.2) is 54.6 Å². The smallest absolute Gasteiger partial charge is 0.274 e. The van der Waals surface area contributed by atoms with Crippen molar-refractivity contribution < 1.29 is 14.3 Å². The number of carbonyl (C=O) groups excluding carboxylic acids is 2. The lowest BCUT2D eigenvalue weighted by Crippen LogP contribution is -2.50. The van der Waals surface area contributed by atoms with Crippen LogP contribution < -0.4 is 4.74 Å². The maximum atomic E-state index is 13.0. The van der Waals surface area contributed by atoms with Crippen LogP contribution >= 0.6 is 0 Å². The fourth-order valence-corrected chi connectivity index (χ4v) is 3.40. The maximum Gasteiger partial charge on any atom is 0.274 e. The molecule has 2 heterocycles. The molecule has 7 nitrogen and oxygen atoms in total. The topological polar surface area (TPSA) is 75.6 Å². The number of ether oxygens (including phenoxy) is 1. The molecule has 1 aliphatic heterocycles. The van der Waals surface area contributed by atoms with Gasteiger partial charge in [-0.2, -0.15) is 0 Å². The first-order valence-corrected chi connectivity index (χ1v) is 9.11. The molecule has 2 amide bonds. The number of hydrogen-bond acceptors (Lipinski definition) is 5. The van der Waals surface area contributed by atoms with Crippen molar-refractivity contribution in [3.63, 3.8) is 0 Å². The van der Waals surface area contributed by atoms with Gasteiger partial charge >= 0.3 is 0 Å². The highest BCUT2D eigenvalue weighted by Crippen LogP contribution is 2.21. The monoisotopic (exact) mass is 376 g/mol. The Bertz CT molecular complexity index is 1010. The molecule has 1 fully saturated rings. The van der Waals surface area contributed by atoms with Crippen LogP contribution in [0.2, 0.25) is 0 Å². The molecule has 7 heteroatoms. The highest BCUT2D eigenvalue weighted by Gasteiger charge is 2.27. The molecule has 0 atom stereocenters. The first-order valence-electron chi connectivity index (χ1n) is 9.11. The number of aromatic nitrogens is 2. The van der Waals surface area contributed by atoms with E-state index in [2.05, 4.69) is 10.2 Å². The molecule has 0 spiro atoms. The molecule has 142 valence electrons. The number of nitrogens with zero attached hydrogens (tertiary/aromatic N) is 4. The molecule has 2 aromatic carbocycles. The van der Waals surface area contributed by atoms with Crippen molar-refractivity contribution in [2.24, 2.45) is 0 Å². The van der Waals surface area contributed by atoms with Gasteiger partial charge in [0, 0.05) is 37.8 Å². The molecule has 1 aliphatic rings. The molecule has 0 N–H and O–H groups in total. The Morgan fingerprint density at radius 3 is 2.18 bits per heavy atom. The first-order chi connectivity index (χ1) is 13.7. The Balaban J connectivity index is 1.44. The normalized spacial score (nSPS) is 14.2. The summed E-state index contributed by atoms with van der Waals surface area (Å²) < 4.78 is 4.96. The van der Waals surface area contributed by atoms with Gasteiger partial charge in [0.05, 0.1) is 7.11 Å². The molecule has 28 heavy (non-hydrogen) atoms. The molecule has 0 aliphatic carbocycles. The lowest BCUT2D eigenvalue weighted by molar-refractivity contribution is 0.0532. The van der Waals surface area contributed by atoms with E-state index in [4.69, 9.17) is 4.74 Å². The lowest BCUT2D eigenvalue weighted by Gasteiger charge is -2.34. The number of carbonyl (C=O) groups is 2. The fraction of sp³-hybridized carbons (Fsp3) is 0.238. The minimum Gasteiger partial charge on any atom is -0.480 e. The second-order valence-corrected chi connectivity index (χ2v) is 6.57. The highest BCUT2D eigenvalue weighted by molar-refractivity contribution is 6.07. The third-order valence-corrected chi connectivity index (χ3v) is 4.94. The van der Waals surface area contributed by atoms with Crippen molar-refractivity contribution in [2.45, 2.75) is 0 Å². The van der Waals surface area contributed by atoms with Crippen molar-refractivity contribution >= 4 is 22.6 Å². The van der Waals surface area contributed by atoms with E-state index >= 15 is 0 Å². The third kappa shape index (κ3) is 3.38. The van der Waals surface area contributed by atoms with Gasteiger partial charge in [0.25, 0.3) is 11.8 Å². The maximum absolute atomic E-state index is 13.0. The number of benzene rings is 2. The van der Waals surface area contributed by atoms with Crippen LogP contribution in [0.1, 0.15) is 20.8 Å². The summed E-state index contributed by atoms with van der Waals surface area (Å²) in [6.07, 6.45) is 0. The number of methoxy groups -OCH3 is 1. The molecule has 0 bridgehead atoms. The predicted molar refractivity (Wildman–Crippen MR) is 104 cm³/mol. The second-order valence-electron chi connectivity index (χ2n) is 6.57. The standard InChI is InChI=1S/C21H20N4O3/c1-28-19-10-9-18(22-23-19)21(27)25-13-11-24(12-14-25)20(26)17-8-4-6-15-5-2-3-7-16(15)17/h2-10H,11-14H2,1H3. The number of fused-ring (bicyclic) bond motifs is 1. The van der Waals surface area contributed by atoms with Gasteiger partial charge in [-0.15, -0.1) is 10.2 Å². The van der Waals surface area contributed by atoms with Gasteiger partial charge in [0.1, 0.15) is 0 Å². The molecule has 0 radical (unpaired) electrons. The zero-order valence-electron chi connectivity index (χ0n) is 15.5. The first kappa shape index (κ1) is 17.9. The fourth-order valence-electron chi connectivity index (χ4n) is 3.40. The zero-order valence-corrected chi connectivity index (χ0v) is 15.5. The van der Waals surface area contributed by atoms with Gasteiger partial charge < -0.3 is 14.5 Å². The van der Waals surface area contributed by atoms with Crippen molar-refractivity contribution in [3.8, 4) is 5.88 Å². The van der Waals surface area contributed by atoms with E-state index in [0.29, 0.717) is 37.6 Å². The summed E-state index contributed by atoms with van der Waals surface area (Å²) in [5.41, 5.74) is 0.966. The van der Waals surface area contributed by atoms with Crippen LogP contribution in [0.25, 0.3) is 10.8 Å². The summed E-state index contributed by atoms with van der Waals surface area (Å²) in [6.45, 7) is 1.89. The largest absolute Gasteiger partial charge is 0.480 e. The average Bonchev–Trinajstić information content (AvgIpc) is 2.78. The summed E-state index contributed by atoms with van der Waals surface area (Å²) in [5.74, 6) is 0.169. The number of hydrogen-bond donors (Lipinski definition) is 0. The Kier molecular flexibility index (Phi) is 4.89. The molecule has 1 aromatic heterocycles.